The van der Waals surface area contributed by atoms with Crippen molar-refractivity contribution < 1.29 is 0 Å². The fraction of sp³-hybridized carbons (Fsp3) is 0.308. The average molecular weight is 228 g/mol. The predicted octanol–water partition coefficient (Wildman–Crippen LogP) is 2.53. The SMILES string of the molecule is CCNc1cc(CC)nc(-c2ccccn2)n1. The molecule has 0 bridgehead atoms. The molecule has 0 atom stereocenters. The molecule has 17 heavy (non-hydrogen) atoms. The zero-order valence-electron chi connectivity index (χ0n) is 10.1. The van der Waals surface area contributed by atoms with Gasteiger partial charge in [-0.25, -0.2) is 9.97 Å². The number of hydrogen-bond donors (Lipinski definition) is 1. The Morgan fingerprint density at radius 2 is 2.06 bits per heavy atom. The molecule has 0 fully saturated rings. The standard InChI is InChI=1S/C13H16N4/c1-3-10-9-12(14-4-2)17-13(16-10)11-7-5-6-8-15-11/h5-9H,3-4H2,1-2H3,(H,14,16,17). The topological polar surface area (TPSA) is 50.7 Å². The summed E-state index contributed by atoms with van der Waals surface area (Å²) in [5.74, 6) is 1.54. The minimum absolute atomic E-state index is 0.681. The van der Waals surface area contributed by atoms with Crippen LogP contribution >= 0.6 is 0 Å². The van der Waals surface area contributed by atoms with E-state index >= 15 is 0 Å². The van der Waals surface area contributed by atoms with E-state index in [9.17, 15) is 0 Å². The van der Waals surface area contributed by atoms with E-state index in [1.54, 1.807) is 6.20 Å². The van der Waals surface area contributed by atoms with Crippen LogP contribution in [0.2, 0.25) is 0 Å². The van der Waals surface area contributed by atoms with Gasteiger partial charge in [0.25, 0.3) is 0 Å². The largest absolute Gasteiger partial charge is 0.370 e. The number of nitrogens with one attached hydrogen (secondary N) is 1. The Bertz CT molecular complexity index is 482. The molecule has 0 spiro atoms. The van der Waals surface area contributed by atoms with Gasteiger partial charge >= 0.3 is 0 Å². The van der Waals surface area contributed by atoms with Crippen LogP contribution in [0.4, 0.5) is 5.82 Å². The van der Waals surface area contributed by atoms with Crippen molar-refractivity contribution in [3.8, 4) is 11.5 Å². The molecule has 0 amide bonds. The van der Waals surface area contributed by atoms with Crippen LogP contribution in [0.25, 0.3) is 11.5 Å². The second-order valence-electron chi connectivity index (χ2n) is 3.67. The van der Waals surface area contributed by atoms with Gasteiger partial charge in [-0.3, -0.25) is 4.98 Å². The quantitative estimate of drug-likeness (QED) is 0.873. The van der Waals surface area contributed by atoms with E-state index in [4.69, 9.17) is 0 Å². The summed E-state index contributed by atoms with van der Waals surface area (Å²) in [6.07, 6.45) is 2.64. The molecule has 0 aromatic carbocycles. The van der Waals surface area contributed by atoms with E-state index in [-0.39, 0.29) is 0 Å². The van der Waals surface area contributed by atoms with Crippen molar-refractivity contribution >= 4 is 5.82 Å². The van der Waals surface area contributed by atoms with Crippen molar-refractivity contribution in [2.24, 2.45) is 0 Å². The third-order valence-electron chi connectivity index (χ3n) is 2.39. The Kier molecular flexibility index (Phi) is 3.65. The van der Waals surface area contributed by atoms with E-state index in [0.29, 0.717) is 5.82 Å². The summed E-state index contributed by atoms with van der Waals surface area (Å²) in [7, 11) is 0. The fourth-order valence-electron chi connectivity index (χ4n) is 1.56. The van der Waals surface area contributed by atoms with Crippen LogP contribution in [-0.2, 0) is 6.42 Å². The highest BCUT2D eigenvalue weighted by Crippen LogP contribution is 2.15. The van der Waals surface area contributed by atoms with Crippen molar-refractivity contribution in [1.29, 1.82) is 0 Å². The number of aryl methyl sites for hydroxylation is 1. The minimum Gasteiger partial charge on any atom is -0.370 e. The molecule has 2 aromatic heterocycles. The fourth-order valence-corrected chi connectivity index (χ4v) is 1.56. The van der Waals surface area contributed by atoms with Gasteiger partial charge in [0.05, 0.1) is 0 Å². The van der Waals surface area contributed by atoms with Gasteiger partial charge in [-0.1, -0.05) is 13.0 Å². The molecule has 0 aliphatic carbocycles. The Labute approximate surface area is 101 Å². The lowest BCUT2D eigenvalue weighted by Gasteiger charge is -2.07. The molecule has 2 aromatic rings. The summed E-state index contributed by atoms with van der Waals surface area (Å²) in [6.45, 7) is 4.98. The molecule has 2 rings (SSSR count). The van der Waals surface area contributed by atoms with Crippen molar-refractivity contribution in [3.05, 3.63) is 36.2 Å². The van der Waals surface area contributed by atoms with Crippen molar-refractivity contribution in [2.75, 3.05) is 11.9 Å². The summed E-state index contributed by atoms with van der Waals surface area (Å²) in [6, 6.07) is 7.73. The van der Waals surface area contributed by atoms with Crippen molar-refractivity contribution in [2.45, 2.75) is 20.3 Å². The first-order chi connectivity index (χ1) is 8.33. The molecule has 0 radical (unpaired) electrons. The van der Waals surface area contributed by atoms with Crippen molar-refractivity contribution in [3.63, 3.8) is 0 Å². The van der Waals surface area contributed by atoms with Gasteiger partial charge in [-0.05, 0) is 25.5 Å². The maximum Gasteiger partial charge on any atom is 0.180 e. The van der Waals surface area contributed by atoms with Crippen LogP contribution in [0.1, 0.15) is 19.5 Å². The highest BCUT2D eigenvalue weighted by molar-refractivity contribution is 5.52. The zero-order valence-corrected chi connectivity index (χ0v) is 10.1. The summed E-state index contributed by atoms with van der Waals surface area (Å²) >= 11 is 0. The normalized spacial score (nSPS) is 10.2. The number of aromatic nitrogens is 3. The molecular formula is C13H16N4. The lowest BCUT2D eigenvalue weighted by Crippen LogP contribution is -2.04. The molecule has 0 saturated carbocycles. The second kappa shape index (κ2) is 5.39. The Hall–Kier alpha value is -1.97. The number of hydrogen-bond acceptors (Lipinski definition) is 4. The summed E-state index contributed by atoms with van der Waals surface area (Å²) in [5, 5.41) is 3.21. The number of pyridine rings is 1. The van der Waals surface area contributed by atoms with Gasteiger partial charge in [0, 0.05) is 24.5 Å². The highest BCUT2D eigenvalue weighted by atomic mass is 15.0. The molecule has 0 saturated heterocycles. The molecule has 4 nitrogen and oxygen atoms in total. The molecule has 0 unspecified atom stereocenters. The van der Waals surface area contributed by atoms with Crippen LogP contribution < -0.4 is 5.32 Å². The second-order valence-corrected chi connectivity index (χ2v) is 3.67. The van der Waals surface area contributed by atoms with E-state index in [1.807, 2.05) is 31.2 Å². The number of anilines is 1. The van der Waals surface area contributed by atoms with E-state index in [1.165, 1.54) is 0 Å². The monoisotopic (exact) mass is 228 g/mol. The molecule has 1 N–H and O–H groups in total. The van der Waals surface area contributed by atoms with Gasteiger partial charge in [-0.2, -0.15) is 0 Å². The first-order valence-corrected chi connectivity index (χ1v) is 5.86. The van der Waals surface area contributed by atoms with E-state index < -0.39 is 0 Å². The third-order valence-corrected chi connectivity index (χ3v) is 2.39. The summed E-state index contributed by atoms with van der Waals surface area (Å²) < 4.78 is 0. The zero-order chi connectivity index (χ0) is 12.1. The van der Waals surface area contributed by atoms with Gasteiger partial charge in [0.15, 0.2) is 5.82 Å². The summed E-state index contributed by atoms with van der Waals surface area (Å²) in [4.78, 5) is 13.2. The minimum atomic E-state index is 0.681. The lowest BCUT2D eigenvalue weighted by atomic mass is 10.3. The van der Waals surface area contributed by atoms with Gasteiger partial charge in [0.1, 0.15) is 11.5 Å². The molecule has 88 valence electrons. The smallest absolute Gasteiger partial charge is 0.180 e. The number of nitrogens with zero attached hydrogens (tertiary/aromatic N) is 3. The first kappa shape index (κ1) is 11.5. The van der Waals surface area contributed by atoms with Crippen LogP contribution in [0.5, 0.6) is 0 Å². The van der Waals surface area contributed by atoms with Crippen LogP contribution in [-0.4, -0.2) is 21.5 Å². The van der Waals surface area contributed by atoms with E-state index in [2.05, 4.69) is 27.2 Å². The molecule has 0 aliphatic rings. The lowest BCUT2D eigenvalue weighted by molar-refractivity contribution is 0.991. The van der Waals surface area contributed by atoms with Crippen LogP contribution in [0.15, 0.2) is 30.5 Å². The van der Waals surface area contributed by atoms with Crippen LogP contribution in [0, 0.1) is 0 Å². The Balaban J connectivity index is 2.43. The third kappa shape index (κ3) is 2.78. The van der Waals surface area contributed by atoms with Crippen molar-refractivity contribution in [1.82, 2.24) is 15.0 Å². The molecule has 0 aliphatic heterocycles. The summed E-state index contributed by atoms with van der Waals surface area (Å²) in [5.41, 5.74) is 1.83. The highest BCUT2D eigenvalue weighted by Gasteiger charge is 2.06. The van der Waals surface area contributed by atoms with Gasteiger partial charge in [0.2, 0.25) is 0 Å². The Morgan fingerprint density at radius 3 is 2.71 bits per heavy atom. The Morgan fingerprint density at radius 1 is 1.18 bits per heavy atom. The van der Waals surface area contributed by atoms with Gasteiger partial charge in [-0.15, -0.1) is 0 Å². The maximum absolute atomic E-state index is 4.49. The van der Waals surface area contributed by atoms with Gasteiger partial charge < -0.3 is 5.32 Å². The first-order valence-electron chi connectivity index (χ1n) is 5.86. The molecular weight excluding hydrogens is 212 g/mol. The molecule has 4 heteroatoms. The number of rotatable bonds is 4. The van der Waals surface area contributed by atoms with E-state index in [0.717, 1.165) is 30.2 Å². The maximum atomic E-state index is 4.49. The molecule has 2 heterocycles. The van der Waals surface area contributed by atoms with Crippen LogP contribution in [0.3, 0.4) is 0 Å². The predicted molar refractivity (Wildman–Crippen MR) is 68.8 cm³/mol. The average Bonchev–Trinajstić information content (AvgIpc) is 2.40.